The first-order chi connectivity index (χ1) is 13.1. The Morgan fingerprint density at radius 1 is 0.926 bits per heavy atom. The summed E-state index contributed by atoms with van der Waals surface area (Å²) in [6, 6.07) is 19.8. The Kier molecular flexibility index (Phi) is 5.54. The zero-order valence-corrected chi connectivity index (χ0v) is 15.1. The van der Waals surface area contributed by atoms with Crippen LogP contribution in [0.5, 0.6) is 0 Å². The molecule has 0 saturated heterocycles. The summed E-state index contributed by atoms with van der Waals surface area (Å²) in [6.45, 7) is 0. The molecule has 6 nitrogen and oxygen atoms in total. The van der Waals surface area contributed by atoms with E-state index >= 15 is 0 Å². The third kappa shape index (κ3) is 4.00. The highest BCUT2D eigenvalue weighted by Gasteiger charge is 2.60. The van der Waals surface area contributed by atoms with Crippen LogP contribution >= 0.6 is 0 Å². The average Bonchev–Trinajstić information content (AvgIpc) is 3.48. The number of carbonyl (C=O) groups excluding carboxylic acids is 3. The van der Waals surface area contributed by atoms with E-state index in [1.807, 2.05) is 60.7 Å². The minimum absolute atomic E-state index is 0.0282. The molecule has 27 heavy (non-hydrogen) atoms. The summed E-state index contributed by atoms with van der Waals surface area (Å²) in [6.07, 6.45) is 0.602. The molecule has 3 rings (SSSR count). The molecule has 0 aliphatic heterocycles. The van der Waals surface area contributed by atoms with Gasteiger partial charge < -0.3 is 4.74 Å². The second-order valence-corrected chi connectivity index (χ2v) is 6.57. The van der Waals surface area contributed by atoms with Crippen LogP contribution in [0.25, 0.3) is 0 Å². The number of hydrogen-bond acceptors (Lipinski definition) is 4. The lowest BCUT2D eigenvalue weighted by atomic mass is 9.85. The number of esters is 1. The van der Waals surface area contributed by atoms with E-state index in [1.54, 1.807) is 0 Å². The van der Waals surface area contributed by atoms with Gasteiger partial charge in [0.15, 0.2) is 0 Å². The monoisotopic (exact) mass is 366 g/mol. The number of benzene rings is 2. The van der Waals surface area contributed by atoms with Gasteiger partial charge in [-0.1, -0.05) is 60.7 Å². The highest BCUT2D eigenvalue weighted by Crippen LogP contribution is 2.58. The first-order valence-electron chi connectivity index (χ1n) is 8.84. The van der Waals surface area contributed by atoms with Crippen molar-refractivity contribution >= 4 is 17.8 Å². The lowest BCUT2D eigenvalue weighted by molar-refractivity contribution is -0.142. The molecule has 0 spiro atoms. The van der Waals surface area contributed by atoms with Crippen LogP contribution in [-0.4, -0.2) is 24.9 Å². The molecule has 1 atom stereocenters. The maximum absolute atomic E-state index is 12.6. The molecule has 2 N–H and O–H groups in total. The Morgan fingerprint density at radius 2 is 1.48 bits per heavy atom. The fraction of sp³-hybridized carbons (Fsp3) is 0.286. The van der Waals surface area contributed by atoms with Gasteiger partial charge in [0.1, 0.15) is 0 Å². The summed E-state index contributed by atoms with van der Waals surface area (Å²) in [5, 5.41) is 0. The van der Waals surface area contributed by atoms with E-state index in [2.05, 4.69) is 15.6 Å². The Hall–Kier alpha value is -3.15. The van der Waals surface area contributed by atoms with Gasteiger partial charge in [-0.25, -0.2) is 0 Å². The van der Waals surface area contributed by atoms with Crippen molar-refractivity contribution in [3.05, 3.63) is 71.8 Å². The maximum Gasteiger partial charge on any atom is 0.306 e. The van der Waals surface area contributed by atoms with Crippen molar-refractivity contribution in [3.8, 4) is 0 Å². The summed E-state index contributed by atoms with van der Waals surface area (Å²) in [5.74, 6) is -1.41. The van der Waals surface area contributed by atoms with Gasteiger partial charge in [0, 0.05) is 11.8 Å². The summed E-state index contributed by atoms with van der Waals surface area (Å²) in [4.78, 5) is 35.5. The van der Waals surface area contributed by atoms with Crippen molar-refractivity contribution in [3.63, 3.8) is 0 Å². The summed E-state index contributed by atoms with van der Waals surface area (Å²) < 4.78 is 4.49. The van der Waals surface area contributed by atoms with Crippen molar-refractivity contribution in [1.29, 1.82) is 0 Å². The van der Waals surface area contributed by atoms with E-state index in [0.29, 0.717) is 6.42 Å². The zero-order valence-electron chi connectivity index (χ0n) is 15.1. The van der Waals surface area contributed by atoms with Crippen LogP contribution in [0.3, 0.4) is 0 Å². The minimum Gasteiger partial charge on any atom is -0.469 e. The number of nitrogens with one attached hydrogen (secondary N) is 2. The molecule has 0 aromatic heterocycles. The predicted molar refractivity (Wildman–Crippen MR) is 99.3 cm³/mol. The molecular weight excluding hydrogens is 344 g/mol. The van der Waals surface area contributed by atoms with E-state index in [0.717, 1.165) is 11.1 Å². The largest absolute Gasteiger partial charge is 0.469 e. The molecule has 6 heteroatoms. The normalized spacial score (nSPS) is 16.9. The van der Waals surface area contributed by atoms with Crippen LogP contribution in [0.15, 0.2) is 60.7 Å². The van der Waals surface area contributed by atoms with Crippen molar-refractivity contribution in [1.82, 2.24) is 10.9 Å². The van der Waals surface area contributed by atoms with Crippen LogP contribution in [0, 0.1) is 5.92 Å². The first kappa shape index (κ1) is 18.6. The second kappa shape index (κ2) is 8.03. The number of methoxy groups -OCH3 is 1. The Morgan fingerprint density at radius 3 is 2.00 bits per heavy atom. The van der Waals surface area contributed by atoms with Crippen molar-refractivity contribution < 1.29 is 19.1 Å². The molecular formula is C21H22N2O4. The first-order valence-corrected chi connectivity index (χ1v) is 8.84. The number of amides is 2. The minimum atomic E-state index is -0.467. The Labute approximate surface area is 157 Å². The molecule has 0 bridgehead atoms. The van der Waals surface area contributed by atoms with Gasteiger partial charge in [0.25, 0.3) is 0 Å². The number of rotatable bonds is 6. The van der Waals surface area contributed by atoms with Gasteiger partial charge in [-0.2, -0.15) is 0 Å². The highest BCUT2D eigenvalue weighted by molar-refractivity contribution is 5.88. The molecule has 140 valence electrons. The molecule has 2 aromatic rings. The SMILES string of the molecule is COC(=O)CCC(=O)NNC(=O)[C@@H]1CC1(c1ccccc1)c1ccccc1. The molecule has 0 unspecified atom stereocenters. The number of hydrazine groups is 1. The molecule has 1 aliphatic rings. The van der Waals surface area contributed by atoms with Crippen LogP contribution in [0.1, 0.15) is 30.4 Å². The molecule has 0 heterocycles. The van der Waals surface area contributed by atoms with E-state index in [-0.39, 0.29) is 30.1 Å². The lowest BCUT2D eigenvalue weighted by Crippen LogP contribution is -2.43. The van der Waals surface area contributed by atoms with Gasteiger partial charge in [-0.3, -0.25) is 25.2 Å². The van der Waals surface area contributed by atoms with Gasteiger partial charge in [0.2, 0.25) is 11.8 Å². The van der Waals surface area contributed by atoms with Gasteiger partial charge in [-0.15, -0.1) is 0 Å². The fourth-order valence-electron chi connectivity index (χ4n) is 3.45. The zero-order chi connectivity index (χ0) is 19.3. The van der Waals surface area contributed by atoms with E-state index < -0.39 is 11.9 Å². The summed E-state index contributed by atoms with van der Waals surface area (Å²) in [7, 11) is 1.27. The van der Waals surface area contributed by atoms with Crippen LogP contribution in [-0.2, 0) is 24.5 Å². The highest BCUT2D eigenvalue weighted by atomic mass is 16.5. The molecule has 1 fully saturated rings. The summed E-state index contributed by atoms with van der Waals surface area (Å²) in [5.41, 5.74) is 6.64. The van der Waals surface area contributed by atoms with Crippen LogP contribution < -0.4 is 10.9 Å². The predicted octanol–water partition coefficient (Wildman–Crippen LogP) is 2.09. The second-order valence-electron chi connectivity index (χ2n) is 6.57. The number of carbonyl (C=O) groups is 3. The molecule has 1 aliphatic carbocycles. The third-order valence-electron chi connectivity index (χ3n) is 4.96. The quantitative estimate of drug-likeness (QED) is 0.606. The third-order valence-corrected chi connectivity index (χ3v) is 4.96. The molecule has 0 radical (unpaired) electrons. The lowest BCUT2D eigenvalue weighted by Gasteiger charge is -2.19. The fourth-order valence-corrected chi connectivity index (χ4v) is 3.45. The topological polar surface area (TPSA) is 84.5 Å². The van der Waals surface area contributed by atoms with Crippen LogP contribution in [0.2, 0.25) is 0 Å². The van der Waals surface area contributed by atoms with Gasteiger partial charge >= 0.3 is 5.97 Å². The van der Waals surface area contributed by atoms with E-state index in [4.69, 9.17) is 0 Å². The molecule has 1 saturated carbocycles. The molecule has 2 aromatic carbocycles. The van der Waals surface area contributed by atoms with Crippen LogP contribution in [0.4, 0.5) is 0 Å². The van der Waals surface area contributed by atoms with Crippen molar-refractivity contribution in [2.24, 2.45) is 5.92 Å². The van der Waals surface area contributed by atoms with Crippen molar-refractivity contribution in [2.75, 3.05) is 7.11 Å². The van der Waals surface area contributed by atoms with E-state index in [9.17, 15) is 14.4 Å². The van der Waals surface area contributed by atoms with E-state index in [1.165, 1.54) is 7.11 Å². The van der Waals surface area contributed by atoms with Crippen molar-refractivity contribution in [2.45, 2.75) is 24.7 Å². The maximum atomic E-state index is 12.6. The molecule has 2 amide bonds. The number of hydrogen-bond donors (Lipinski definition) is 2. The van der Waals surface area contributed by atoms with Gasteiger partial charge in [-0.05, 0) is 17.5 Å². The summed E-state index contributed by atoms with van der Waals surface area (Å²) >= 11 is 0. The number of ether oxygens (including phenoxy) is 1. The standard InChI is InChI=1S/C21H22N2O4/c1-27-19(25)13-12-18(24)22-23-20(26)17-14-21(17,15-8-4-2-5-9-15)16-10-6-3-7-11-16/h2-11,17H,12-14H2,1H3,(H,22,24)(H,23,26)/t17-/m0/s1. The average molecular weight is 366 g/mol. The Bertz CT molecular complexity index is 781. The Balaban J connectivity index is 1.67. The van der Waals surface area contributed by atoms with Gasteiger partial charge in [0.05, 0.1) is 19.4 Å². The smallest absolute Gasteiger partial charge is 0.306 e.